The van der Waals surface area contributed by atoms with Gasteiger partial charge in [-0.15, -0.1) is 0 Å². The Hall–Kier alpha value is -0.550. The minimum atomic E-state index is -3.18. The van der Waals surface area contributed by atoms with Crippen LogP contribution in [0.4, 0.5) is 5.69 Å². The van der Waals surface area contributed by atoms with Crippen molar-refractivity contribution in [2.24, 2.45) is 0 Å². The third-order valence-electron chi connectivity index (χ3n) is 2.19. The number of hydrogen-bond donors (Lipinski definition) is 0. The summed E-state index contributed by atoms with van der Waals surface area (Å²) in [5, 5.41) is 0.902. The summed E-state index contributed by atoms with van der Waals surface area (Å²) in [4.78, 5) is 0. The summed E-state index contributed by atoms with van der Waals surface area (Å²) in [6, 6.07) is 9.20. The third-order valence-corrected chi connectivity index (χ3v) is 3.94. The minimum Gasteiger partial charge on any atom is -0.270 e. The van der Waals surface area contributed by atoms with Crippen molar-refractivity contribution < 1.29 is 8.42 Å². The molecule has 0 saturated heterocycles. The Bertz CT molecular complexity index is 405. The highest BCUT2D eigenvalue weighted by atomic mass is 79.9. The van der Waals surface area contributed by atoms with Gasteiger partial charge in [0.15, 0.2) is 0 Å². The van der Waals surface area contributed by atoms with Gasteiger partial charge in [0, 0.05) is 11.9 Å². The molecule has 5 heteroatoms. The predicted octanol–water partition coefficient (Wildman–Crippen LogP) is 2.63. The minimum absolute atomic E-state index is 0.536. The number of alkyl halides is 1. The molecule has 0 aromatic heterocycles. The lowest BCUT2D eigenvalue weighted by Gasteiger charge is -2.22. The topological polar surface area (TPSA) is 37.4 Å². The molecule has 1 aromatic carbocycles. The van der Waals surface area contributed by atoms with Gasteiger partial charge < -0.3 is 0 Å². The maximum absolute atomic E-state index is 11.6. The first-order valence-corrected chi connectivity index (χ1v) is 8.11. The fourth-order valence-corrected chi connectivity index (χ4v) is 2.79. The van der Waals surface area contributed by atoms with Crippen molar-refractivity contribution in [3.05, 3.63) is 30.3 Å². The van der Waals surface area contributed by atoms with Gasteiger partial charge in [-0.2, -0.15) is 0 Å². The molecule has 0 bridgehead atoms. The lowest BCUT2D eigenvalue weighted by atomic mass is 10.3. The quantitative estimate of drug-likeness (QED) is 0.598. The Labute approximate surface area is 106 Å². The van der Waals surface area contributed by atoms with Crippen molar-refractivity contribution in [1.29, 1.82) is 0 Å². The number of benzene rings is 1. The summed E-state index contributed by atoms with van der Waals surface area (Å²) in [5.74, 6) is 0. The Balaban J connectivity index is 2.81. The van der Waals surface area contributed by atoms with Crippen molar-refractivity contribution in [2.75, 3.05) is 22.4 Å². The standard InChI is InChI=1S/C11H16BrNO2S/c1-16(14,15)13(10-6-5-9-12)11-7-3-2-4-8-11/h2-4,7-8H,5-6,9-10H2,1H3. The highest BCUT2D eigenvalue weighted by Crippen LogP contribution is 2.17. The van der Waals surface area contributed by atoms with E-state index in [0.29, 0.717) is 6.54 Å². The third kappa shape index (κ3) is 4.14. The normalized spacial score (nSPS) is 11.4. The number of halogens is 1. The zero-order valence-electron chi connectivity index (χ0n) is 9.27. The summed E-state index contributed by atoms with van der Waals surface area (Å²) in [5.41, 5.74) is 0.736. The molecule has 0 fully saturated rings. The lowest BCUT2D eigenvalue weighted by Crippen LogP contribution is -2.30. The number of anilines is 1. The molecule has 0 unspecified atom stereocenters. The monoisotopic (exact) mass is 305 g/mol. The number of sulfonamides is 1. The highest BCUT2D eigenvalue weighted by Gasteiger charge is 2.15. The molecule has 0 amide bonds. The first-order chi connectivity index (χ1) is 7.55. The van der Waals surface area contributed by atoms with E-state index in [1.54, 1.807) is 0 Å². The Kier molecular flexibility index (Phi) is 5.28. The van der Waals surface area contributed by atoms with E-state index in [1.165, 1.54) is 10.6 Å². The van der Waals surface area contributed by atoms with Crippen molar-refractivity contribution in [3.63, 3.8) is 0 Å². The van der Waals surface area contributed by atoms with Crippen LogP contribution in [0.25, 0.3) is 0 Å². The van der Waals surface area contributed by atoms with Crippen molar-refractivity contribution >= 4 is 31.6 Å². The van der Waals surface area contributed by atoms with Gasteiger partial charge in [0.05, 0.1) is 11.9 Å². The van der Waals surface area contributed by atoms with Crippen LogP contribution < -0.4 is 4.31 Å². The summed E-state index contributed by atoms with van der Waals surface area (Å²) in [7, 11) is -3.18. The highest BCUT2D eigenvalue weighted by molar-refractivity contribution is 9.09. The Morgan fingerprint density at radius 3 is 2.31 bits per heavy atom. The van der Waals surface area contributed by atoms with Crippen LogP contribution in [-0.2, 0) is 10.0 Å². The summed E-state index contributed by atoms with van der Waals surface area (Å²) in [6.07, 6.45) is 3.07. The summed E-state index contributed by atoms with van der Waals surface area (Å²) >= 11 is 3.34. The van der Waals surface area contributed by atoms with Gasteiger partial charge >= 0.3 is 0 Å². The van der Waals surface area contributed by atoms with Gasteiger partial charge in [-0.3, -0.25) is 4.31 Å². The zero-order valence-corrected chi connectivity index (χ0v) is 11.7. The fraction of sp³-hybridized carbons (Fsp3) is 0.455. The molecule has 0 saturated carbocycles. The predicted molar refractivity (Wildman–Crippen MR) is 71.7 cm³/mol. The smallest absolute Gasteiger partial charge is 0.232 e. The van der Waals surface area contributed by atoms with Crippen LogP contribution in [0, 0.1) is 0 Å². The van der Waals surface area contributed by atoms with E-state index < -0.39 is 10.0 Å². The average molecular weight is 306 g/mol. The number of para-hydroxylation sites is 1. The van der Waals surface area contributed by atoms with Gasteiger partial charge in [0.25, 0.3) is 0 Å². The molecule has 90 valence electrons. The van der Waals surface area contributed by atoms with Crippen molar-refractivity contribution in [3.8, 4) is 0 Å². The van der Waals surface area contributed by atoms with E-state index in [4.69, 9.17) is 0 Å². The van der Waals surface area contributed by atoms with Gasteiger partial charge in [0.1, 0.15) is 0 Å². The molecule has 1 aromatic rings. The second-order valence-corrected chi connectivity index (χ2v) is 6.27. The van der Waals surface area contributed by atoms with Crippen LogP contribution in [0.3, 0.4) is 0 Å². The Morgan fingerprint density at radius 2 is 1.81 bits per heavy atom. The van der Waals surface area contributed by atoms with Gasteiger partial charge in [-0.25, -0.2) is 8.42 Å². The number of rotatable bonds is 6. The summed E-state index contributed by atoms with van der Waals surface area (Å²) in [6.45, 7) is 0.536. The molecule has 16 heavy (non-hydrogen) atoms. The van der Waals surface area contributed by atoms with E-state index >= 15 is 0 Å². The van der Waals surface area contributed by atoms with Crippen molar-refractivity contribution in [2.45, 2.75) is 12.8 Å². The molecule has 0 aliphatic heterocycles. The molecule has 0 spiro atoms. The van der Waals surface area contributed by atoms with Gasteiger partial charge in [-0.1, -0.05) is 34.1 Å². The number of unbranched alkanes of at least 4 members (excludes halogenated alkanes) is 1. The van der Waals surface area contributed by atoms with Crippen LogP contribution in [0.1, 0.15) is 12.8 Å². The molecule has 3 nitrogen and oxygen atoms in total. The molecule has 0 N–H and O–H groups in total. The zero-order chi connectivity index (χ0) is 12.0. The molecule has 0 radical (unpaired) electrons. The second kappa shape index (κ2) is 6.25. The first-order valence-electron chi connectivity index (χ1n) is 5.14. The molecule has 1 rings (SSSR count). The van der Waals surface area contributed by atoms with E-state index in [9.17, 15) is 8.42 Å². The SMILES string of the molecule is CS(=O)(=O)N(CCCCBr)c1ccccc1. The second-order valence-electron chi connectivity index (χ2n) is 3.57. The van der Waals surface area contributed by atoms with Crippen molar-refractivity contribution in [1.82, 2.24) is 0 Å². The van der Waals surface area contributed by atoms with Crippen LogP contribution in [0.2, 0.25) is 0 Å². The first kappa shape index (κ1) is 13.5. The van der Waals surface area contributed by atoms with E-state index in [-0.39, 0.29) is 0 Å². The molecule has 0 atom stereocenters. The van der Waals surface area contributed by atoms with Crippen LogP contribution in [-0.4, -0.2) is 26.5 Å². The number of nitrogens with zero attached hydrogens (tertiary/aromatic N) is 1. The maximum Gasteiger partial charge on any atom is 0.232 e. The van der Waals surface area contributed by atoms with E-state index in [1.807, 2.05) is 30.3 Å². The number of hydrogen-bond acceptors (Lipinski definition) is 2. The molecule has 0 aliphatic carbocycles. The van der Waals surface area contributed by atoms with Gasteiger partial charge in [-0.05, 0) is 25.0 Å². The molecule has 0 heterocycles. The molecular weight excluding hydrogens is 290 g/mol. The average Bonchev–Trinajstić information content (AvgIpc) is 2.24. The van der Waals surface area contributed by atoms with Crippen LogP contribution >= 0.6 is 15.9 Å². The van der Waals surface area contributed by atoms with Crippen LogP contribution in [0.15, 0.2) is 30.3 Å². The lowest BCUT2D eigenvalue weighted by molar-refractivity contribution is 0.595. The molecule has 0 aliphatic rings. The van der Waals surface area contributed by atoms with E-state index in [0.717, 1.165) is 23.9 Å². The Morgan fingerprint density at radius 1 is 1.19 bits per heavy atom. The maximum atomic E-state index is 11.6. The summed E-state index contributed by atoms with van der Waals surface area (Å²) < 4.78 is 24.7. The van der Waals surface area contributed by atoms with E-state index in [2.05, 4.69) is 15.9 Å². The fourth-order valence-electron chi connectivity index (χ4n) is 1.43. The van der Waals surface area contributed by atoms with Gasteiger partial charge in [0.2, 0.25) is 10.0 Å². The van der Waals surface area contributed by atoms with Crippen LogP contribution in [0.5, 0.6) is 0 Å². The largest absolute Gasteiger partial charge is 0.270 e. The molecular formula is C11H16BrNO2S.